The molecule has 1 aromatic rings. The van der Waals surface area contributed by atoms with Crippen molar-refractivity contribution in [1.82, 2.24) is 0 Å². The highest BCUT2D eigenvalue weighted by molar-refractivity contribution is 7.99. The maximum Gasteiger partial charge on any atom is 0.306 e. The Hall–Kier alpha value is -1.29. The first-order chi connectivity index (χ1) is 9.04. The molecule has 102 valence electrons. The molecule has 1 aliphatic rings. The molecule has 1 aliphatic carbocycles. The lowest BCUT2D eigenvalue weighted by atomic mass is 10.1. The van der Waals surface area contributed by atoms with E-state index < -0.39 is 0 Å². The molecule has 2 rings (SSSR count). The van der Waals surface area contributed by atoms with E-state index in [4.69, 9.17) is 4.74 Å². The lowest BCUT2D eigenvalue weighted by Crippen LogP contribution is -2.12. The van der Waals surface area contributed by atoms with E-state index >= 15 is 0 Å². The minimum atomic E-state index is -0.120. The van der Waals surface area contributed by atoms with Gasteiger partial charge in [-0.1, -0.05) is 12.1 Å². The number of carbonyl (C=O) groups excluding carboxylic acids is 2. The van der Waals surface area contributed by atoms with E-state index in [2.05, 4.69) is 0 Å². The van der Waals surface area contributed by atoms with Gasteiger partial charge in [0.25, 0.3) is 0 Å². The normalized spacial score (nSPS) is 15.9. The van der Waals surface area contributed by atoms with Crippen molar-refractivity contribution in [2.45, 2.75) is 31.1 Å². The van der Waals surface area contributed by atoms with Gasteiger partial charge in [-0.25, -0.2) is 0 Å². The molecule has 0 aromatic heterocycles. The second-order valence-corrected chi connectivity index (χ2v) is 6.17. The number of carbonyl (C=O) groups is 2. The number of esters is 1. The summed E-state index contributed by atoms with van der Waals surface area (Å²) >= 11 is 1.74. The van der Waals surface area contributed by atoms with Crippen LogP contribution in [0.25, 0.3) is 0 Å². The summed E-state index contributed by atoms with van der Waals surface area (Å²) in [5, 5.41) is 0. The predicted molar refractivity (Wildman–Crippen MR) is 75.5 cm³/mol. The lowest BCUT2D eigenvalue weighted by molar-refractivity contribution is -0.141. The van der Waals surface area contributed by atoms with Crippen LogP contribution in [0.3, 0.4) is 0 Å². The second-order valence-electron chi connectivity index (χ2n) is 5.12. The molecule has 0 atom stereocenters. The quantitative estimate of drug-likeness (QED) is 0.455. The van der Waals surface area contributed by atoms with Gasteiger partial charge < -0.3 is 4.74 Å². The molecule has 0 unspecified atom stereocenters. The van der Waals surface area contributed by atoms with Crippen LogP contribution < -0.4 is 0 Å². The molecule has 1 fully saturated rings. The first-order valence-corrected chi connectivity index (χ1v) is 7.34. The first kappa shape index (κ1) is 14.1. The minimum absolute atomic E-state index is 0.0842. The number of rotatable bonds is 6. The Bertz CT molecular complexity index is 475. The molecule has 3 nitrogen and oxygen atoms in total. The van der Waals surface area contributed by atoms with Crippen LogP contribution in [0.4, 0.5) is 0 Å². The molecule has 19 heavy (non-hydrogen) atoms. The molecule has 0 bridgehead atoms. The third kappa shape index (κ3) is 3.83. The number of hydrogen-bond acceptors (Lipinski definition) is 4. The molecule has 1 aromatic carbocycles. The van der Waals surface area contributed by atoms with Crippen LogP contribution >= 0.6 is 11.8 Å². The number of thioether (sulfide) groups is 1. The monoisotopic (exact) mass is 278 g/mol. The zero-order valence-electron chi connectivity index (χ0n) is 11.3. The van der Waals surface area contributed by atoms with Crippen molar-refractivity contribution in [1.29, 1.82) is 0 Å². The van der Waals surface area contributed by atoms with Gasteiger partial charge in [-0.2, -0.15) is 0 Å². The number of benzene rings is 1. The summed E-state index contributed by atoms with van der Waals surface area (Å²) in [7, 11) is 1.44. The number of ether oxygens (including phenoxy) is 1. The molecule has 0 heterocycles. The van der Waals surface area contributed by atoms with Crippen LogP contribution in [0.15, 0.2) is 29.2 Å². The Kier molecular flexibility index (Phi) is 4.30. The summed E-state index contributed by atoms with van der Waals surface area (Å²) in [6, 6.07) is 7.64. The van der Waals surface area contributed by atoms with E-state index in [-0.39, 0.29) is 17.2 Å². The summed E-state index contributed by atoms with van der Waals surface area (Å²) in [6.07, 6.45) is 2.71. The summed E-state index contributed by atoms with van der Waals surface area (Å²) in [4.78, 5) is 23.6. The molecule has 4 heteroatoms. The molecule has 0 spiro atoms. The number of ketones is 1. The topological polar surface area (TPSA) is 43.4 Å². The van der Waals surface area contributed by atoms with Crippen molar-refractivity contribution < 1.29 is 14.3 Å². The summed E-state index contributed by atoms with van der Waals surface area (Å²) < 4.78 is 4.73. The van der Waals surface area contributed by atoms with Gasteiger partial charge in [0.2, 0.25) is 0 Å². The number of hydrogen-bond donors (Lipinski definition) is 0. The minimum Gasteiger partial charge on any atom is -0.469 e. The van der Waals surface area contributed by atoms with Crippen LogP contribution in [-0.4, -0.2) is 24.6 Å². The average molecular weight is 278 g/mol. The van der Waals surface area contributed by atoms with E-state index in [1.165, 1.54) is 7.11 Å². The fourth-order valence-corrected chi connectivity index (χ4v) is 3.14. The Balaban J connectivity index is 1.88. The Labute approximate surface area is 117 Å². The van der Waals surface area contributed by atoms with Gasteiger partial charge in [0.15, 0.2) is 5.78 Å². The largest absolute Gasteiger partial charge is 0.469 e. The Morgan fingerprint density at radius 2 is 1.89 bits per heavy atom. The van der Waals surface area contributed by atoms with Crippen molar-refractivity contribution in [2.75, 3.05) is 12.9 Å². The molecular weight excluding hydrogens is 260 g/mol. The van der Waals surface area contributed by atoms with Crippen molar-refractivity contribution in [3.8, 4) is 0 Å². The molecule has 1 saturated carbocycles. The van der Waals surface area contributed by atoms with Gasteiger partial charge in [0.1, 0.15) is 0 Å². The van der Waals surface area contributed by atoms with Crippen LogP contribution in [0.2, 0.25) is 0 Å². The van der Waals surface area contributed by atoms with Crippen LogP contribution in [0.5, 0.6) is 0 Å². The molecule has 0 radical (unpaired) electrons. The Morgan fingerprint density at radius 1 is 1.26 bits per heavy atom. The van der Waals surface area contributed by atoms with E-state index in [9.17, 15) is 9.59 Å². The molecule has 0 aliphatic heterocycles. The van der Waals surface area contributed by atoms with Crippen molar-refractivity contribution in [3.63, 3.8) is 0 Å². The standard InChI is InChI=1S/C15H18O3S/c1-11(16)12-3-5-13(6-4-12)19-10-15(7-8-15)9-14(17)18-2/h3-6H,7-10H2,1-2H3. The first-order valence-electron chi connectivity index (χ1n) is 6.35. The SMILES string of the molecule is COC(=O)CC1(CSc2ccc(C(C)=O)cc2)CC1. The maximum atomic E-state index is 11.3. The highest BCUT2D eigenvalue weighted by Gasteiger charge is 2.44. The van der Waals surface area contributed by atoms with E-state index in [1.54, 1.807) is 18.7 Å². The van der Waals surface area contributed by atoms with E-state index in [0.717, 1.165) is 29.1 Å². The second kappa shape index (κ2) is 5.78. The number of methoxy groups -OCH3 is 1. The maximum absolute atomic E-state index is 11.3. The fraction of sp³-hybridized carbons (Fsp3) is 0.467. The van der Waals surface area contributed by atoms with Crippen molar-refractivity contribution in [3.05, 3.63) is 29.8 Å². The third-order valence-corrected chi connectivity index (χ3v) is 4.87. The highest BCUT2D eigenvalue weighted by atomic mass is 32.2. The smallest absolute Gasteiger partial charge is 0.306 e. The average Bonchev–Trinajstić information content (AvgIpc) is 3.17. The summed E-state index contributed by atoms with van der Waals surface area (Å²) in [5.41, 5.74) is 0.872. The highest BCUT2D eigenvalue weighted by Crippen LogP contribution is 2.52. The van der Waals surface area contributed by atoms with E-state index in [1.807, 2.05) is 24.3 Å². The third-order valence-electron chi connectivity index (χ3n) is 3.51. The predicted octanol–water partition coefficient (Wildman–Crippen LogP) is 3.32. The lowest BCUT2D eigenvalue weighted by Gasteiger charge is -2.13. The van der Waals surface area contributed by atoms with E-state index in [0.29, 0.717) is 6.42 Å². The van der Waals surface area contributed by atoms with Crippen molar-refractivity contribution in [2.24, 2.45) is 5.41 Å². The summed E-state index contributed by atoms with van der Waals surface area (Å²) in [6.45, 7) is 1.57. The molecule has 0 N–H and O–H groups in total. The van der Waals surface area contributed by atoms with Gasteiger partial charge in [0, 0.05) is 16.2 Å². The number of Topliss-reactive ketones (excluding diaryl/α,β-unsaturated/α-hetero) is 1. The fourth-order valence-electron chi connectivity index (χ4n) is 1.95. The molecular formula is C15H18O3S. The molecule has 0 amide bonds. The van der Waals surface area contributed by atoms with Gasteiger partial charge in [-0.3, -0.25) is 9.59 Å². The zero-order chi connectivity index (χ0) is 13.9. The van der Waals surface area contributed by atoms with Gasteiger partial charge in [-0.15, -0.1) is 11.8 Å². The van der Waals surface area contributed by atoms with Crippen molar-refractivity contribution >= 4 is 23.5 Å². The van der Waals surface area contributed by atoms with Crippen LogP contribution in [0.1, 0.15) is 36.5 Å². The van der Waals surface area contributed by atoms with Crippen LogP contribution in [-0.2, 0) is 9.53 Å². The summed E-state index contributed by atoms with van der Waals surface area (Å²) in [5.74, 6) is 0.896. The van der Waals surface area contributed by atoms with Gasteiger partial charge in [0.05, 0.1) is 13.5 Å². The van der Waals surface area contributed by atoms with Gasteiger partial charge >= 0.3 is 5.97 Å². The molecule has 0 saturated heterocycles. The van der Waals surface area contributed by atoms with Crippen LogP contribution in [0, 0.1) is 5.41 Å². The zero-order valence-corrected chi connectivity index (χ0v) is 12.1. The Morgan fingerprint density at radius 3 is 2.37 bits per heavy atom. The van der Waals surface area contributed by atoms with Gasteiger partial charge in [-0.05, 0) is 37.3 Å².